The molecule has 0 unspecified atom stereocenters. The second kappa shape index (κ2) is 5.25. The average molecular weight is 293 g/mol. The number of hydrogen-bond donors (Lipinski definition) is 0. The first-order valence-electron chi connectivity index (χ1n) is 6.40. The van der Waals surface area contributed by atoms with Crippen LogP contribution in [0.1, 0.15) is 20.7 Å². The van der Waals surface area contributed by atoms with E-state index in [0.717, 1.165) is 0 Å². The number of carboxylic acids is 2. The van der Waals surface area contributed by atoms with E-state index in [0.29, 0.717) is 11.1 Å². The van der Waals surface area contributed by atoms with Crippen molar-refractivity contribution in [1.82, 2.24) is 4.98 Å². The van der Waals surface area contributed by atoms with Crippen molar-refractivity contribution in [1.29, 1.82) is 0 Å². The molecule has 0 radical (unpaired) electrons. The summed E-state index contributed by atoms with van der Waals surface area (Å²) in [7, 11) is 0. The molecular formula is C16H9N2O4-. The van der Waals surface area contributed by atoms with Crippen LogP contribution in [0, 0.1) is 0 Å². The van der Waals surface area contributed by atoms with Gasteiger partial charge in [-0.15, -0.1) is 0 Å². The molecule has 0 aliphatic rings. The Labute approximate surface area is 124 Å². The molecule has 0 atom stereocenters. The molecule has 6 heteroatoms. The molecule has 0 saturated carbocycles. The van der Waals surface area contributed by atoms with Crippen LogP contribution in [-0.4, -0.2) is 16.9 Å². The molecule has 3 aromatic heterocycles. The molecule has 0 N–H and O–H groups in total. The number of aromatic nitrogens is 2. The van der Waals surface area contributed by atoms with Gasteiger partial charge in [0.1, 0.15) is 0 Å². The predicted molar refractivity (Wildman–Crippen MR) is 71.5 cm³/mol. The van der Waals surface area contributed by atoms with Crippen LogP contribution in [0.25, 0.3) is 16.8 Å². The van der Waals surface area contributed by atoms with Crippen LogP contribution in [0.4, 0.5) is 0 Å². The van der Waals surface area contributed by atoms with Gasteiger partial charge < -0.3 is 19.8 Å². The second-order valence-corrected chi connectivity index (χ2v) is 4.61. The number of carbonyl (C=O) groups excluding carboxylic acids is 2. The number of carboxylic acid groups (broad SMARTS) is 2. The molecule has 108 valence electrons. The van der Waals surface area contributed by atoms with Gasteiger partial charge in [-0.2, -0.15) is 4.40 Å². The summed E-state index contributed by atoms with van der Waals surface area (Å²) >= 11 is 0. The smallest absolute Gasteiger partial charge is 0.219 e. The predicted octanol–water partition coefficient (Wildman–Crippen LogP) is -0.786. The quantitative estimate of drug-likeness (QED) is 0.590. The molecule has 0 saturated heterocycles. The third-order valence-electron chi connectivity index (χ3n) is 3.28. The normalized spacial score (nSPS) is 10.5. The van der Waals surface area contributed by atoms with Gasteiger partial charge >= 0.3 is 0 Å². The number of rotatable bonds is 3. The number of fused-ring (bicyclic) bond motifs is 1. The van der Waals surface area contributed by atoms with Crippen LogP contribution >= 0.6 is 0 Å². The lowest BCUT2D eigenvalue weighted by molar-refractivity contribution is -0.511. The molecule has 6 nitrogen and oxygen atoms in total. The number of carbonyl (C=O) groups is 2. The summed E-state index contributed by atoms with van der Waals surface area (Å²) in [5, 5.41) is 22.2. The minimum absolute atomic E-state index is 0.0292. The van der Waals surface area contributed by atoms with E-state index >= 15 is 0 Å². The van der Waals surface area contributed by atoms with E-state index in [1.54, 1.807) is 35.0 Å². The number of hydrogen-bond acceptors (Lipinski definition) is 5. The minimum Gasteiger partial charge on any atom is -0.545 e. The van der Waals surface area contributed by atoms with Crippen molar-refractivity contribution in [2.24, 2.45) is 0 Å². The van der Waals surface area contributed by atoms with Crippen molar-refractivity contribution >= 4 is 17.5 Å². The maximum atomic E-state index is 11.2. The summed E-state index contributed by atoms with van der Waals surface area (Å²) in [5.74, 6) is -2.60. The molecule has 0 spiro atoms. The zero-order valence-electron chi connectivity index (χ0n) is 11.2. The summed E-state index contributed by atoms with van der Waals surface area (Å²) in [6.45, 7) is 0. The number of pyridine rings is 3. The van der Waals surface area contributed by atoms with Crippen LogP contribution in [-0.2, 0) is 0 Å². The summed E-state index contributed by atoms with van der Waals surface area (Å²) in [5.41, 5.74) is 1.26. The van der Waals surface area contributed by atoms with Gasteiger partial charge in [0.15, 0.2) is 12.4 Å². The van der Waals surface area contributed by atoms with Crippen LogP contribution in [0.15, 0.2) is 55.0 Å². The fraction of sp³-hybridized carbons (Fsp3) is 0. The van der Waals surface area contributed by atoms with Crippen molar-refractivity contribution in [2.45, 2.75) is 0 Å². The Kier molecular flexibility index (Phi) is 3.27. The minimum atomic E-state index is -1.32. The molecule has 3 aromatic rings. The van der Waals surface area contributed by atoms with Gasteiger partial charge in [-0.1, -0.05) is 0 Å². The van der Waals surface area contributed by atoms with Gasteiger partial charge in [0, 0.05) is 23.9 Å². The zero-order valence-corrected chi connectivity index (χ0v) is 11.2. The maximum absolute atomic E-state index is 11.2. The van der Waals surface area contributed by atoms with Crippen LogP contribution in [0.2, 0.25) is 0 Å². The highest BCUT2D eigenvalue weighted by Crippen LogP contribution is 2.20. The van der Waals surface area contributed by atoms with E-state index in [1.165, 1.54) is 24.4 Å². The zero-order chi connectivity index (χ0) is 15.7. The number of aromatic carboxylic acids is 2. The lowest BCUT2D eigenvalue weighted by atomic mass is 10.1. The summed E-state index contributed by atoms with van der Waals surface area (Å²) < 4.78 is 1.58. The maximum Gasteiger partial charge on any atom is 0.219 e. The van der Waals surface area contributed by atoms with E-state index < -0.39 is 11.9 Å². The average Bonchev–Trinajstić information content (AvgIpc) is 2.53. The lowest BCUT2D eigenvalue weighted by Gasteiger charge is -2.08. The summed E-state index contributed by atoms with van der Waals surface area (Å²) in [6, 6.07) is 9.11. The molecule has 0 bridgehead atoms. The molecule has 0 aliphatic heterocycles. The van der Waals surface area contributed by atoms with Crippen molar-refractivity contribution in [3.63, 3.8) is 0 Å². The molecule has 3 heterocycles. The third-order valence-corrected chi connectivity index (χ3v) is 3.28. The largest absolute Gasteiger partial charge is 0.545 e. The van der Waals surface area contributed by atoms with Crippen LogP contribution in [0.5, 0.6) is 0 Å². The van der Waals surface area contributed by atoms with Gasteiger partial charge in [-0.25, -0.2) is 0 Å². The highest BCUT2D eigenvalue weighted by atomic mass is 16.4. The van der Waals surface area contributed by atoms with E-state index in [1.807, 2.05) is 0 Å². The van der Waals surface area contributed by atoms with Gasteiger partial charge in [0.05, 0.1) is 28.8 Å². The molecule has 0 amide bonds. The van der Waals surface area contributed by atoms with Crippen LogP contribution in [0.3, 0.4) is 0 Å². The third kappa shape index (κ3) is 2.26. The first-order valence-corrected chi connectivity index (χ1v) is 6.40. The Morgan fingerprint density at radius 1 is 0.955 bits per heavy atom. The Hall–Kier alpha value is -3.28. The first-order chi connectivity index (χ1) is 10.6. The van der Waals surface area contributed by atoms with Crippen molar-refractivity contribution in [2.75, 3.05) is 0 Å². The first kappa shape index (κ1) is 13.7. The SMILES string of the molecule is O=C([O-])c1cccnc1-c1ccc2c(C(=O)[O-])ccc[n+]2c1. The highest BCUT2D eigenvalue weighted by Gasteiger charge is 2.14. The van der Waals surface area contributed by atoms with Crippen LogP contribution < -0.4 is 14.6 Å². The Balaban J connectivity index is 2.23. The molecule has 0 aliphatic carbocycles. The van der Waals surface area contributed by atoms with Crippen molar-refractivity contribution in [3.05, 3.63) is 66.1 Å². The molecule has 22 heavy (non-hydrogen) atoms. The van der Waals surface area contributed by atoms with Gasteiger partial charge in [0.25, 0.3) is 0 Å². The monoisotopic (exact) mass is 293 g/mol. The van der Waals surface area contributed by atoms with E-state index in [-0.39, 0.29) is 16.8 Å². The Morgan fingerprint density at radius 3 is 2.41 bits per heavy atom. The molecule has 3 rings (SSSR count). The van der Waals surface area contributed by atoms with E-state index in [4.69, 9.17) is 0 Å². The number of nitrogens with zero attached hydrogens (tertiary/aromatic N) is 2. The standard InChI is InChI=1S/C16H10N2O4/c19-15(20)11-4-2-8-18-9-10(5-6-13(11)18)14-12(16(21)22)3-1-7-17-14/h1-9H,(H-,19,20,21,22)/p-1. The van der Waals surface area contributed by atoms with Gasteiger partial charge in [-0.05, 0) is 24.3 Å². The van der Waals surface area contributed by atoms with Gasteiger partial charge in [0.2, 0.25) is 5.52 Å². The fourth-order valence-corrected chi connectivity index (χ4v) is 2.30. The Morgan fingerprint density at radius 2 is 1.68 bits per heavy atom. The fourth-order valence-electron chi connectivity index (χ4n) is 2.30. The summed E-state index contributed by atoms with van der Waals surface area (Å²) in [6.07, 6.45) is 4.75. The Bertz CT molecular complexity index is 906. The van der Waals surface area contributed by atoms with E-state index in [9.17, 15) is 19.8 Å². The van der Waals surface area contributed by atoms with Crippen molar-refractivity contribution < 1.29 is 24.2 Å². The topological polar surface area (TPSA) is 97.2 Å². The molecule has 0 aromatic carbocycles. The van der Waals surface area contributed by atoms with Crippen molar-refractivity contribution in [3.8, 4) is 11.3 Å². The lowest BCUT2D eigenvalue weighted by Crippen LogP contribution is -2.29. The molecular weight excluding hydrogens is 284 g/mol. The molecule has 0 fully saturated rings. The van der Waals surface area contributed by atoms with E-state index in [2.05, 4.69) is 4.98 Å². The highest BCUT2D eigenvalue weighted by molar-refractivity contribution is 5.94. The van der Waals surface area contributed by atoms with Gasteiger partial charge in [-0.3, -0.25) is 4.98 Å². The summed E-state index contributed by atoms with van der Waals surface area (Å²) in [4.78, 5) is 26.3. The second-order valence-electron chi connectivity index (χ2n) is 4.61.